The van der Waals surface area contributed by atoms with Crippen molar-refractivity contribution in [3.05, 3.63) is 66.4 Å². The maximum Gasteiger partial charge on any atom is 0.254 e. The molecule has 1 fully saturated rings. The average Bonchev–Trinajstić information content (AvgIpc) is 3.28. The molecule has 0 spiro atoms. The summed E-state index contributed by atoms with van der Waals surface area (Å²) in [7, 11) is 0. The second kappa shape index (κ2) is 10.4. The van der Waals surface area contributed by atoms with Crippen LogP contribution in [0.1, 0.15) is 30.1 Å². The Balaban J connectivity index is 0.00000256. The van der Waals surface area contributed by atoms with E-state index in [1.54, 1.807) is 6.20 Å². The minimum absolute atomic E-state index is 0. The van der Waals surface area contributed by atoms with Crippen molar-refractivity contribution in [2.75, 3.05) is 26.2 Å². The fourth-order valence-electron chi connectivity index (χ4n) is 3.85. The highest BCUT2D eigenvalue weighted by Gasteiger charge is 2.26. The van der Waals surface area contributed by atoms with Crippen molar-refractivity contribution in [2.24, 2.45) is 5.92 Å². The topological polar surface area (TPSA) is 58.4 Å². The molecule has 2 aromatic carbocycles. The largest absolute Gasteiger partial charge is 0.436 e. The highest BCUT2D eigenvalue weighted by molar-refractivity contribution is 6.00. The first-order valence-electron chi connectivity index (χ1n) is 10.4. The minimum atomic E-state index is 0. The molecule has 30 heavy (non-hydrogen) atoms. The summed E-state index contributed by atoms with van der Waals surface area (Å²) < 4.78 is 6.01. The second-order valence-corrected chi connectivity index (χ2v) is 7.48. The lowest BCUT2D eigenvalue weighted by Crippen LogP contribution is -2.40. The highest BCUT2D eigenvalue weighted by atomic mass is 35.5. The Morgan fingerprint density at radius 3 is 2.53 bits per heavy atom. The van der Waals surface area contributed by atoms with E-state index in [9.17, 15) is 4.79 Å². The van der Waals surface area contributed by atoms with E-state index in [2.05, 4.69) is 17.2 Å². The van der Waals surface area contributed by atoms with Crippen LogP contribution in [0.2, 0.25) is 0 Å². The fourth-order valence-corrected chi connectivity index (χ4v) is 3.85. The number of rotatable bonds is 6. The van der Waals surface area contributed by atoms with E-state index in [4.69, 9.17) is 4.42 Å². The third kappa shape index (κ3) is 4.91. The van der Waals surface area contributed by atoms with Gasteiger partial charge in [-0.15, -0.1) is 12.4 Å². The molecule has 5 nitrogen and oxygen atoms in total. The van der Waals surface area contributed by atoms with Crippen LogP contribution in [0.15, 0.2) is 65.2 Å². The van der Waals surface area contributed by atoms with Crippen molar-refractivity contribution >= 4 is 18.3 Å². The monoisotopic (exact) mass is 425 g/mol. The molecule has 3 aromatic rings. The molecule has 0 aliphatic carbocycles. The lowest BCUT2D eigenvalue weighted by atomic mass is 9.95. The van der Waals surface area contributed by atoms with E-state index < -0.39 is 0 Å². The molecule has 1 aliphatic rings. The minimum Gasteiger partial charge on any atom is -0.436 e. The van der Waals surface area contributed by atoms with Crippen LogP contribution < -0.4 is 5.32 Å². The van der Waals surface area contributed by atoms with Gasteiger partial charge < -0.3 is 14.6 Å². The van der Waals surface area contributed by atoms with Gasteiger partial charge in [-0.1, -0.05) is 49.4 Å². The van der Waals surface area contributed by atoms with Gasteiger partial charge in [0, 0.05) is 24.2 Å². The number of amides is 1. The molecule has 1 amide bonds. The van der Waals surface area contributed by atoms with Gasteiger partial charge in [-0.25, -0.2) is 4.98 Å². The van der Waals surface area contributed by atoms with Crippen molar-refractivity contribution < 1.29 is 9.21 Å². The summed E-state index contributed by atoms with van der Waals surface area (Å²) in [4.78, 5) is 19.6. The Morgan fingerprint density at radius 2 is 1.80 bits per heavy atom. The van der Waals surface area contributed by atoms with Crippen LogP contribution in [0.5, 0.6) is 0 Å². The Kier molecular flexibility index (Phi) is 7.66. The molecule has 1 aromatic heterocycles. The first-order chi connectivity index (χ1) is 14.3. The summed E-state index contributed by atoms with van der Waals surface area (Å²) in [5, 5.41) is 3.42. The number of hydrogen-bond donors (Lipinski definition) is 1. The lowest BCUT2D eigenvalue weighted by molar-refractivity contribution is 0.0691. The molecule has 0 unspecified atom stereocenters. The van der Waals surface area contributed by atoms with Crippen molar-refractivity contribution in [3.63, 3.8) is 0 Å². The summed E-state index contributed by atoms with van der Waals surface area (Å²) in [6, 6.07) is 17.5. The molecule has 0 radical (unpaired) electrons. The highest BCUT2D eigenvalue weighted by Crippen LogP contribution is 2.29. The number of hydrogen-bond acceptors (Lipinski definition) is 4. The molecule has 0 bridgehead atoms. The van der Waals surface area contributed by atoms with Gasteiger partial charge in [-0.2, -0.15) is 0 Å². The number of halogens is 1. The van der Waals surface area contributed by atoms with E-state index in [0.29, 0.717) is 23.1 Å². The first-order valence-corrected chi connectivity index (χ1v) is 10.4. The molecule has 2 heterocycles. The van der Waals surface area contributed by atoms with Crippen LogP contribution in [0.3, 0.4) is 0 Å². The van der Waals surface area contributed by atoms with Gasteiger partial charge >= 0.3 is 0 Å². The number of oxazole rings is 1. The predicted molar refractivity (Wildman–Crippen MR) is 122 cm³/mol. The number of carbonyl (C=O) groups is 1. The third-order valence-electron chi connectivity index (χ3n) is 5.54. The van der Waals surface area contributed by atoms with E-state index in [-0.39, 0.29) is 18.3 Å². The molecule has 1 N–H and O–H groups in total. The molecule has 1 saturated heterocycles. The number of aromatic nitrogens is 1. The Morgan fingerprint density at radius 1 is 1.10 bits per heavy atom. The predicted octanol–water partition coefficient (Wildman–Crippen LogP) is 4.89. The maximum absolute atomic E-state index is 13.2. The van der Waals surface area contributed by atoms with Crippen LogP contribution in [0, 0.1) is 5.92 Å². The zero-order chi connectivity index (χ0) is 20.1. The summed E-state index contributed by atoms with van der Waals surface area (Å²) in [6.45, 7) is 5.75. The standard InChI is InChI=1S/C24H27N3O2.ClH/c1-2-25-16-18-12-14-27(15-13-18)24(28)21-11-7-6-10-20(21)23-26-17-22(29-23)19-8-4-3-5-9-19;/h3-11,17-18,25H,2,12-16H2,1H3;1H. The molecule has 158 valence electrons. The second-order valence-electron chi connectivity index (χ2n) is 7.48. The van der Waals surface area contributed by atoms with E-state index in [1.807, 2.05) is 59.5 Å². The molecule has 6 heteroatoms. The zero-order valence-corrected chi connectivity index (χ0v) is 18.0. The van der Waals surface area contributed by atoms with Gasteiger partial charge in [0.05, 0.1) is 11.8 Å². The number of carbonyl (C=O) groups excluding carboxylic acids is 1. The van der Waals surface area contributed by atoms with Crippen molar-refractivity contribution in [3.8, 4) is 22.8 Å². The van der Waals surface area contributed by atoms with Crippen molar-refractivity contribution in [1.82, 2.24) is 15.2 Å². The number of benzene rings is 2. The van der Waals surface area contributed by atoms with Crippen LogP contribution >= 0.6 is 12.4 Å². The third-order valence-corrected chi connectivity index (χ3v) is 5.54. The van der Waals surface area contributed by atoms with Gasteiger partial charge in [0.25, 0.3) is 5.91 Å². The Bertz CT molecular complexity index is 950. The molecule has 0 atom stereocenters. The molecular formula is C24H28ClN3O2. The van der Waals surface area contributed by atoms with Gasteiger partial charge in [0.15, 0.2) is 5.76 Å². The molecule has 1 aliphatic heterocycles. The fraction of sp³-hybridized carbons (Fsp3) is 0.333. The molecule has 4 rings (SSSR count). The first kappa shape index (κ1) is 22.1. The van der Waals surface area contributed by atoms with E-state index in [1.165, 1.54) is 0 Å². The normalized spacial score (nSPS) is 14.4. The number of nitrogens with zero attached hydrogens (tertiary/aromatic N) is 2. The van der Waals surface area contributed by atoms with Gasteiger partial charge in [-0.3, -0.25) is 4.79 Å². The quantitative estimate of drug-likeness (QED) is 0.610. The van der Waals surface area contributed by atoms with Gasteiger partial charge in [0.2, 0.25) is 5.89 Å². The Labute approximate surface area is 183 Å². The SMILES string of the molecule is CCNCC1CCN(C(=O)c2ccccc2-c2ncc(-c3ccccc3)o2)CC1.Cl. The average molecular weight is 426 g/mol. The lowest BCUT2D eigenvalue weighted by Gasteiger charge is -2.32. The van der Waals surface area contributed by atoms with Gasteiger partial charge in [0.1, 0.15) is 0 Å². The number of likely N-dealkylation sites (tertiary alicyclic amines) is 1. The summed E-state index contributed by atoms with van der Waals surface area (Å²) >= 11 is 0. The van der Waals surface area contributed by atoms with Gasteiger partial charge in [-0.05, 0) is 44.0 Å². The summed E-state index contributed by atoms with van der Waals surface area (Å²) in [6.07, 6.45) is 3.80. The summed E-state index contributed by atoms with van der Waals surface area (Å²) in [5.74, 6) is 1.89. The van der Waals surface area contributed by atoms with Crippen LogP contribution in [0.4, 0.5) is 0 Å². The maximum atomic E-state index is 13.2. The smallest absolute Gasteiger partial charge is 0.254 e. The van der Waals surface area contributed by atoms with Crippen LogP contribution in [0.25, 0.3) is 22.8 Å². The number of nitrogens with one attached hydrogen (secondary N) is 1. The van der Waals surface area contributed by atoms with Crippen molar-refractivity contribution in [1.29, 1.82) is 0 Å². The van der Waals surface area contributed by atoms with Crippen LogP contribution in [-0.4, -0.2) is 42.0 Å². The van der Waals surface area contributed by atoms with Crippen LogP contribution in [-0.2, 0) is 0 Å². The molecule has 0 saturated carbocycles. The van der Waals surface area contributed by atoms with Crippen molar-refractivity contribution in [2.45, 2.75) is 19.8 Å². The summed E-state index contributed by atoms with van der Waals surface area (Å²) in [5.41, 5.74) is 2.37. The van der Waals surface area contributed by atoms with E-state index in [0.717, 1.165) is 50.1 Å². The van der Waals surface area contributed by atoms with E-state index >= 15 is 0 Å². The zero-order valence-electron chi connectivity index (χ0n) is 17.2. The Hall–Kier alpha value is -2.63. The number of piperidine rings is 1. The molecular weight excluding hydrogens is 398 g/mol.